The minimum atomic E-state index is -0.396. The van der Waals surface area contributed by atoms with Crippen LogP contribution in [0.3, 0.4) is 0 Å². The molecule has 0 fully saturated rings. The fraction of sp³-hybridized carbons (Fsp3) is 0.438. The van der Waals surface area contributed by atoms with E-state index in [0.717, 1.165) is 12.8 Å². The molecular formula is C16H21N3O. The number of benzene rings is 1. The summed E-state index contributed by atoms with van der Waals surface area (Å²) in [5.74, 6) is 0. The Morgan fingerprint density at radius 2 is 2.25 bits per heavy atom. The highest BCUT2D eigenvalue weighted by Crippen LogP contribution is 2.34. The average Bonchev–Trinajstić information content (AvgIpc) is 3.07. The molecule has 0 unspecified atom stereocenters. The molecule has 106 valence electrons. The van der Waals surface area contributed by atoms with Crippen molar-refractivity contribution in [1.29, 1.82) is 0 Å². The Bertz CT molecular complexity index is 553. The highest BCUT2D eigenvalue weighted by molar-refractivity contribution is 5.34. The van der Waals surface area contributed by atoms with E-state index in [-0.39, 0.29) is 0 Å². The van der Waals surface area contributed by atoms with Crippen molar-refractivity contribution in [2.45, 2.75) is 31.5 Å². The van der Waals surface area contributed by atoms with Gasteiger partial charge in [0.05, 0.1) is 12.6 Å². The lowest BCUT2D eigenvalue weighted by atomic mass is 10.1. The van der Waals surface area contributed by atoms with Crippen molar-refractivity contribution in [3.8, 4) is 0 Å². The Morgan fingerprint density at radius 3 is 3.05 bits per heavy atom. The van der Waals surface area contributed by atoms with Crippen LogP contribution in [-0.4, -0.2) is 39.5 Å². The Balaban J connectivity index is 1.61. The van der Waals surface area contributed by atoms with Crippen molar-refractivity contribution in [2.75, 3.05) is 13.6 Å². The zero-order chi connectivity index (χ0) is 13.9. The molecule has 4 nitrogen and oxygen atoms in total. The average molecular weight is 271 g/mol. The molecular weight excluding hydrogens is 250 g/mol. The lowest BCUT2D eigenvalue weighted by Gasteiger charge is -2.27. The van der Waals surface area contributed by atoms with Gasteiger partial charge in [0, 0.05) is 25.0 Å². The van der Waals surface area contributed by atoms with Crippen molar-refractivity contribution in [1.82, 2.24) is 14.7 Å². The third-order valence-corrected chi connectivity index (χ3v) is 4.09. The van der Waals surface area contributed by atoms with Crippen LogP contribution in [0.15, 0.2) is 42.7 Å². The topological polar surface area (TPSA) is 41.3 Å². The second-order valence-corrected chi connectivity index (χ2v) is 5.57. The molecule has 0 saturated heterocycles. The Morgan fingerprint density at radius 1 is 1.40 bits per heavy atom. The fourth-order valence-corrected chi connectivity index (χ4v) is 3.13. The number of fused-ring (bicyclic) bond motifs is 1. The molecule has 1 aliphatic rings. The summed E-state index contributed by atoms with van der Waals surface area (Å²) in [6.07, 6.45) is 5.51. The van der Waals surface area contributed by atoms with E-state index < -0.39 is 6.10 Å². The molecule has 3 rings (SSSR count). The molecule has 4 heteroatoms. The standard InChI is InChI=1S/C16H21N3O/c1-18(11-14(20)12-19-10-4-9-17-19)16-8-7-13-5-2-3-6-15(13)16/h2-6,9-10,14,16,20H,7-8,11-12H2,1H3/t14-,16-/m1/s1. The van der Waals surface area contributed by atoms with E-state index in [9.17, 15) is 5.11 Å². The molecule has 0 spiro atoms. The number of aliphatic hydroxyl groups excluding tert-OH is 1. The number of hydrogen-bond acceptors (Lipinski definition) is 3. The SMILES string of the molecule is CN(C[C@@H](O)Cn1cccn1)[C@@H]1CCc2ccccc21. The zero-order valence-electron chi connectivity index (χ0n) is 11.8. The second-order valence-electron chi connectivity index (χ2n) is 5.57. The lowest BCUT2D eigenvalue weighted by Crippen LogP contribution is -2.34. The van der Waals surface area contributed by atoms with Gasteiger partial charge in [-0.05, 0) is 37.1 Å². The number of nitrogens with zero attached hydrogens (tertiary/aromatic N) is 3. The van der Waals surface area contributed by atoms with Crippen LogP contribution in [0, 0.1) is 0 Å². The molecule has 0 saturated carbocycles. The van der Waals surface area contributed by atoms with E-state index in [1.807, 2.05) is 12.3 Å². The summed E-state index contributed by atoms with van der Waals surface area (Å²) in [7, 11) is 2.10. The number of rotatable bonds is 5. The van der Waals surface area contributed by atoms with Crippen LogP contribution in [0.5, 0.6) is 0 Å². The molecule has 0 amide bonds. The number of aromatic nitrogens is 2. The summed E-state index contributed by atoms with van der Waals surface area (Å²) in [6, 6.07) is 10.9. The van der Waals surface area contributed by atoms with Crippen molar-refractivity contribution in [3.05, 3.63) is 53.9 Å². The highest BCUT2D eigenvalue weighted by Gasteiger charge is 2.26. The molecule has 2 aromatic rings. The summed E-state index contributed by atoms with van der Waals surface area (Å²) in [5, 5.41) is 14.3. The van der Waals surface area contributed by atoms with Gasteiger partial charge in [-0.2, -0.15) is 5.10 Å². The molecule has 1 aromatic carbocycles. The van der Waals surface area contributed by atoms with E-state index >= 15 is 0 Å². The van der Waals surface area contributed by atoms with Crippen LogP contribution >= 0.6 is 0 Å². The fourth-order valence-electron chi connectivity index (χ4n) is 3.13. The van der Waals surface area contributed by atoms with Gasteiger partial charge in [-0.15, -0.1) is 0 Å². The van der Waals surface area contributed by atoms with Crippen LogP contribution in [0.2, 0.25) is 0 Å². The van der Waals surface area contributed by atoms with Crippen LogP contribution < -0.4 is 0 Å². The number of hydrogen-bond donors (Lipinski definition) is 1. The highest BCUT2D eigenvalue weighted by atomic mass is 16.3. The van der Waals surface area contributed by atoms with E-state index in [1.54, 1.807) is 10.9 Å². The van der Waals surface area contributed by atoms with Crippen molar-refractivity contribution in [3.63, 3.8) is 0 Å². The van der Waals surface area contributed by atoms with E-state index in [2.05, 4.69) is 41.3 Å². The first kappa shape index (κ1) is 13.3. The molecule has 20 heavy (non-hydrogen) atoms. The van der Waals surface area contributed by atoms with Gasteiger partial charge in [0.15, 0.2) is 0 Å². The normalized spacial score (nSPS) is 19.2. The van der Waals surface area contributed by atoms with Crippen LogP contribution in [0.4, 0.5) is 0 Å². The van der Waals surface area contributed by atoms with E-state index in [1.165, 1.54) is 11.1 Å². The first-order chi connectivity index (χ1) is 9.74. The maximum absolute atomic E-state index is 10.2. The number of aryl methyl sites for hydroxylation is 1. The smallest absolute Gasteiger partial charge is 0.0862 e. The summed E-state index contributed by atoms with van der Waals surface area (Å²) >= 11 is 0. The predicted octanol–water partition coefficient (Wildman–Crippen LogP) is 1.86. The molecule has 1 N–H and O–H groups in total. The third-order valence-electron chi connectivity index (χ3n) is 4.09. The second kappa shape index (κ2) is 5.77. The molecule has 0 bridgehead atoms. The maximum atomic E-state index is 10.2. The molecule has 0 aliphatic heterocycles. The van der Waals surface area contributed by atoms with Gasteiger partial charge in [-0.3, -0.25) is 9.58 Å². The van der Waals surface area contributed by atoms with Crippen LogP contribution in [-0.2, 0) is 13.0 Å². The first-order valence-corrected chi connectivity index (χ1v) is 7.17. The Labute approximate surface area is 119 Å². The van der Waals surface area contributed by atoms with Gasteiger partial charge < -0.3 is 5.11 Å². The van der Waals surface area contributed by atoms with Gasteiger partial charge in [-0.25, -0.2) is 0 Å². The Hall–Kier alpha value is -1.65. The van der Waals surface area contributed by atoms with Crippen molar-refractivity contribution in [2.24, 2.45) is 0 Å². The zero-order valence-corrected chi connectivity index (χ0v) is 11.8. The minimum Gasteiger partial charge on any atom is -0.390 e. The van der Waals surface area contributed by atoms with Gasteiger partial charge in [-0.1, -0.05) is 24.3 Å². The first-order valence-electron chi connectivity index (χ1n) is 7.17. The predicted molar refractivity (Wildman–Crippen MR) is 78.4 cm³/mol. The van der Waals surface area contributed by atoms with Crippen molar-refractivity contribution >= 4 is 0 Å². The summed E-state index contributed by atoms with van der Waals surface area (Å²) in [6.45, 7) is 1.21. The van der Waals surface area contributed by atoms with Gasteiger partial charge in [0.1, 0.15) is 0 Å². The monoisotopic (exact) mass is 271 g/mol. The molecule has 1 aromatic heterocycles. The largest absolute Gasteiger partial charge is 0.390 e. The molecule has 1 aliphatic carbocycles. The van der Waals surface area contributed by atoms with Gasteiger partial charge in [0.25, 0.3) is 0 Å². The summed E-state index contributed by atoms with van der Waals surface area (Å²) < 4.78 is 1.78. The summed E-state index contributed by atoms with van der Waals surface area (Å²) in [4.78, 5) is 2.26. The lowest BCUT2D eigenvalue weighted by molar-refractivity contribution is 0.0876. The molecule has 1 heterocycles. The van der Waals surface area contributed by atoms with Gasteiger partial charge in [0.2, 0.25) is 0 Å². The minimum absolute atomic E-state index is 0.396. The van der Waals surface area contributed by atoms with Crippen LogP contribution in [0.25, 0.3) is 0 Å². The van der Waals surface area contributed by atoms with E-state index in [0.29, 0.717) is 19.1 Å². The summed E-state index contributed by atoms with van der Waals surface area (Å²) in [5.41, 5.74) is 2.87. The van der Waals surface area contributed by atoms with E-state index in [4.69, 9.17) is 0 Å². The number of likely N-dealkylation sites (N-methyl/N-ethyl adjacent to an activating group) is 1. The Kier molecular flexibility index (Phi) is 3.85. The maximum Gasteiger partial charge on any atom is 0.0862 e. The quantitative estimate of drug-likeness (QED) is 0.902. The van der Waals surface area contributed by atoms with Gasteiger partial charge >= 0.3 is 0 Å². The molecule has 0 radical (unpaired) electrons. The molecule has 2 atom stereocenters. The third kappa shape index (κ3) is 2.76. The number of aliphatic hydroxyl groups is 1. The van der Waals surface area contributed by atoms with Crippen molar-refractivity contribution < 1.29 is 5.11 Å². The van der Waals surface area contributed by atoms with Crippen LogP contribution in [0.1, 0.15) is 23.6 Å².